The Balaban J connectivity index is 2.21. The van der Waals surface area contributed by atoms with Crippen molar-refractivity contribution in [1.29, 1.82) is 0 Å². The molecule has 0 aromatic rings. The molecule has 1 rings (SSSR count). The predicted octanol–water partition coefficient (Wildman–Crippen LogP) is 2.17. The largest absolute Gasteiger partial charge is 0.389 e. The molecular weight excluding hydrogens is 174 g/mol. The van der Waals surface area contributed by atoms with Gasteiger partial charge in [-0.05, 0) is 52.0 Å². The van der Waals surface area contributed by atoms with E-state index in [4.69, 9.17) is 0 Å². The summed E-state index contributed by atoms with van der Waals surface area (Å²) < 4.78 is 0. The van der Waals surface area contributed by atoms with Crippen molar-refractivity contribution in [3.63, 3.8) is 0 Å². The molecule has 3 unspecified atom stereocenters. The monoisotopic (exact) mass is 199 g/mol. The summed E-state index contributed by atoms with van der Waals surface area (Å²) in [6.45, 7) is 9.18. The summed E-state index contributed by atoms with van der Waals surface area (Å²) in [5.41, 5.74) is -0.607. The van der Waals surface area contributed by atoms with Gasteiger partial charge in [-0.2, -0.15) is 0 Å². The molecule has 1 aliphatic rings. The first-order chi connectivity index (χ1) is 6.39. The SMILES string of the molecule is CC1CCC(CNC(C)C(C)(C)O)C1. The van der Waals surface area contributed by atoms with Crippen LogP contribution in [0.15, 0.2) is 0 Å². The standard InChI is InChI=1S/C12H25NO/c1-9-5-6-11(7-9)8-13-10(2)12(3,4)14/h9-11,13-14H,5-8H2,1-4H3. The summed E-state index contributed by atoms with van der Waals surface area (Å²) >= 11 is 0. The lowest BCUT2D eigenvalue weighted by molar-refractivity contribution is 0.0429. The predicted molar refractivity (Wildman–Crippen MR) is 60.3 cm³/mol. The molecule has 1 aliphatic carbocycles. The highest BCUT2D eigenvalue weighted by atomic mass is 16.3. The molecule has 0 heterocycles. The molecule has 3 atom stereocenters. The molecule has 0 aliphatic heterocycles. The van der Waals surface area contributed by atoms with Crippen molar-refractivity contribution >= 4 is 0 Å². The Bertz CT molecular complexity index is 174. The second kappa shape index (κ2) is 4.63. The zero-order valence-corrected chi connectivity index (χ0v) is 10.0. The van der Waals surface area contributed by atoms with Crippen molar-refractivity contribution < 1.29 is 5.11 Å². The molecule has 2 nitrogen and oxygen atoms in total. The molecule has 0 saturated heterocycles. The van der Waals surface area contributed by atoms with E-state index in [0.29, 0.717) is 0 Å². The Kier molecular flexibility index (Phi) is 3.96. The van der Waals surface area contributed by atoms with Gasteiger partial charge in [-0.3, -0.25) is 0 Å². The fraction of sp³-hybridized carbons (Fsp3) is 1.00. The smallest absolute Gasteiger partial charge is 0.0741 e. The molecule has 14 heavy (non-hydrogen) atoms. The van der Waals surface area contributed by atoms with Gasteiger partial charge in [-0.1, -0.05) is 13.3 Å². The van der Waals surface area contributed by atoms with Crippen LogP contribution in [0.2, 0.25) is 0 Å². The van der Waals surface area contributed by atoms with E-state index in [2.05, 4.69) is 19.2 Å². The quantitative estimate of drug-likeness (QED) is 0.727. The van der Waals surface area contributed by atoms with E-state index in [1.54, 1.807) is 0 Å². The topological polar surface area (TPSA) is 32.3 Å². The fourth-order valence-corrected chi connectivity index (χ4v) is 2.10. The molecule has 0 bridgehead atoms. The Hall–Kier alpha value is -0.0800. The zero-order chi connectivity index (χ0) is 10.8. The summed E-state index contributed by atoms with van der Waals surface area (Å²) in [5.74, 6) is 1.73. The Labute approximate surface area is 88.1 Å². The zero-order valence-electron chi connectivity index (χ0n) is 10.0. The number of aliphatic hydroxyl groups is 1. The van der Waals surface area contributed by atoms with Crippen LogP contribution in [0.3, 0.4) is 0 Å². The number of hydrogen-bond acceptors (Lipinski definition) is 2. The Morgan fingerprint density at radius 3 is 2.50 bits per heavy atom. The molecule has 2 heteroatoms. The lowest BCUT2D eigenvalue weighted by Crippen LogP contribution is -2.45. The first-order valence-corrected chi connectivity index (χ1v) is 5.85. The summed E-state index contributed by atoms with van der Waals surface area (Å²) in [4.78, 5) is 0. The van der Waals surface area contributed by atoms with Gasteiger partial charge in [-0.15, -0.1) is 0 Å². The van der Waals surface area contributed by atoms with E-state index in [9.17, 15) is 5.11 Å². The van der Waals surface area contributed by atoms with E-state index >= 15 is 0 Å². The molecule has 0 aromatic heterocycles. The van der Waals surface area contributed by atoms with Crippen LogP contribution < -0.4 is 5.32 Å². The molecule has 0 aromatic carbocycles. The van der Waals surface area contributed by atoms with Crippen LogP contribution >= 0.6 is 0 Å². The molecule has 84 valence electrons. The third kappa shape index (κ3) is 3.58. The minimum Gasteiger partial charge on any atom is -0.389 e. The maximum absolute atomic E-state index is 9.75. The van der Waals surface area contributed by atoms with Crippen molar-refractivity contribution in [2.45, 2.75) is 58.6 Å². The van der Waals surface area contributed by atoms with Crippen LogP contribution in [0.4, 0.5) is 0 Å². The Morgan fingerprint density at radius 2 is 2.07 bits per heavy atom. The second-order valence-electron chi connectivity index (χ2n) is 5.57. The van der Waals surface area contributed by atoms with Crippen molar-refractivity contribution in [2.75, 3.05) is 6.54 Å². The van der Waals surface area contributed by atoms with Crippen LogP contribution in [0, 0.1) is 11.8 Å². The average Bonchev–Trinajstić information content (AvgIpc) is 2.45. The Morgan fingerprint density at radius 1 is 1.43 bits per heavy atom. The van der Waals surface area contributed by atoms with Crippen LogP contribution in [0.1, 0.15) is 47.0 Å². The van der Waals surface area contributed by atoms with Gasteiger partial charge >= 0.3 is 0 Å². The van der Waals surface area contributed by atoms with E-state index < -0.39 is 5.60 Å². The normalized spacial score (nSPS) is 30.6. The summed E-state index contributed by atoms with van der Waals surface area (Å²) in [6.07, 6.45) is 4.08. The summed E-state index contributed by atoms with van der Waals surface area (Å²) in [5, 5.41) is 13.2. The van der Waals surface area contributed by atoms with Crippen LogP contribution in [-0.2, 0) is 0 Å². The molecule has 1 fully saturated rings. The lowest BCUT2D eigenvalue weighted by Gasteiger charge is -2.28. The van der Waals surface area contributed by atoms with Crippen LogP contribution in [0.25, 0.3) is 0 Å². The van der Waals surface area contributed by atoms with E-state index in [0.717, 1.165) is 18.4 Å². The highest BCUT2D eigenvalue weighted by molar-refractivity contribution is 4.82. The number of hydrogen-bond donors (Lipinski definition) is 2. The number of nitrogens with one attached hydrogen (secondary N) is 1. The van der Waals surface area contributed by atoms with Gasteiger partial charge in [0.05, 0.1) is 5.60 Å². The van der Waals surface area contributed by atoms with Crippen molar-refractivity contribution in [3.05, 3.63) is 0 Å². The van der Waals surface area contributed by atoms with Crippen molar-refractivity contribution in [3.8, 4) is 0 Å². The van der Waals surface area contributed by atoms with Crippen LogP contribution in [-0.4, -0.2) is 23.3 Å². The fourth-order valence-electron chi connectivity index (χ4n) is 2.10. The first-order valence-electron chi connectivity index (χ1n) is 5.85. The summed E-state index contributed by atoms with van der Waals surface area (Å²) in [6, 6.07) is 0.179. The van der Waals surface area contributed by atoms with Gasteiger partial charge in [0.25, 0.3) is 0 Å². The van der Waals surface area contributed by atoms with E-state index in [1.165, 1.54) is 19.3 Å². The van der Waals surface area contributed by atoms with Crippen molar-refractivity contribution in [1.82, 2.24) is 5.32 Å². The summed E-state index contributed by atoms with van der Waals surface area (Å²) in [7, 11) is 0. The molecule has 0 radical (unpaired) electrons. The van der Waals surface area contributed by atoms with E-state index in [-0.39, 0.29) is 6.04 Å². The van der Waals surface area contributed by atoms with Gasteiger partial charge in [-0.25, -0.2) is 0 Å². The third-order valence-corrected chi connectivity index (χ3v) is 3.58. The molecule has 1 saturated carbocycles. The minimum atomic E-state index is -0.607. The molecule has 2 N–H and O–H groups in total. The van der Waals surface area contributed by atoms with Gasteiger partial charge in [0.2, 0.25) is 0 Å². The third-order valence-electron chi connectivity index (χ3n) is 3.58. The maximum atomic E-state index is 9.75. The lowest BCUT2D eigenvalue weighted by atomic mass is 9.99. The molecular formula is C12H25NO. The first kappa shape index (κ1) is 12.0. The average molecular weight is 199 g/mol. The highest BCUT2D eigenvalue weighted by Crippen LogP contribution is 2.29. The minimum absolute atomic E-state index is 0.179. The molecule has 0 spiro atoms. The van der Waals surface area contributed by atoms with Gasteiger partial charge in [0.15, 0.2) is 0 Å². The highest BCUT2D eigenvalue weighted by Gasteiger charge is 2.25. The van der Waals surface area contributed by atoms with Crippen molar-refractivity contribution in [2.24, 2.45) is 11.8 Å². The second-order valence-corrected chi connectivity index (χ2v) is 5.57. The molecule has 0 amide bonds. The van der Waals surface area contributed by atoms with Crippen LogP contribution in [0.5, 0.6) is 0 Å². The van der Waals surface area contributed by atoms with Gasteiger partial charge in [0.1, 0.15) is 0 Å². The van der Waals surface area contributed by atoms with E-state index in [1.807, 2.05) is 13.8 Å². The number of rotatable bonds is 4. The maximum Gasteiger partial charge on any atom is 0.0741 e. The van der Waals surface area contributed by atoms with Gasteiger partial charge < -0.3 is 10.4 Å². The van der Waals surface area contributed by atoms with Gasteiger partial charge in [0, 0.05) is 6.04 Å².